The molecule has 3 rings (SSSR count). The van der Waals surface area contributed by atoms with Crippen molar-refractivity contribution in [3.63, 3.8) is 0 Å². The number of nitrogens with zero attached hydrogens (tertiary/aromatic N) is 1. The van der Waals surface area contributed by atoms with Gasteiger partial charge >= 0.3 is 17.9 Å². The second-order valence-electron chi connectivity index (χ2n) is 9.35. The Morgan fingerprint density at radius 2 is 1.67 bits per heavy atom. The quantitative estimate of drug-likeness (QED) is 0.154. The molecule has 0 aliphatic carbocycles. The molecular formula is C27H39ClFN3O13. The lowest BCUT2D eigenvalue weighted by molar-refractivity contribution is -0.170. The van der Waals surface area contributed by atoms with Gasteiger partial charge in [-0.3, -0.25) is 19.3 Å². The van der Waals surface area contributed by atoms with Crippen molar-refractivity contribution in [1.29, 1.82) is 0 Å². The predicted molar refractivity (Wildman–Crippen MR) is 159 cm³/mol. The van der Waals surface area contributed by atoms with Crippen molar-refractivity contribution in [1.82, 2.24) is 10.2 Å². The Kier molecular flexibility index (Phi) is 19.2. The van der Waals surface area contributed by atoms with Gasteiger partial charge in [0.1, 0.15) is 11.6 Å². The number of amides is 1. The largest absolute Gasteiger partial charge is 0.493 e. The average Bonchev–Trinajstić information content (AvgIpc) is 2.90. The van der Waals surface area contributed by atoms with Crippen LogP contribution in [0.5, 0.6) is 5.75 Å². The summed E-state index contributed by atoms with van der Waals surface area (Å²) in [6, 6.07) is 9.55. The summed E-state index contributed by atoms with van der Waals surface area (Å²) in [7, 11) is 0. The predicted octanol–water partition coefficient (Wildman–Crippen LogP) is -0.632. The van der Waals surface area contributed by atoms with E-state index in [0.717, 1.165) is 12.1 Å². The second kappa shape index (κ2) is 20.0. The highest BCUT2D eigenvalue weighted by atomic mass is 35.5. The number of nitrogen functional groups attached to an aromatic ring is 1. The van der Waals surface area contributed by atoms with E-state index in [1.54, 1.807) is 18.2 Å². The minimum Gasteiger partial charge on any atom is -0.493 e. The molecule has 1 aliphatic heterocycles. The van der Waals surface area contributed by atoms with E-state index in [1.807, 2.05) is 6.92 Å². The van der Waals surface area contributed by atoms with Crippen LogP contribution in [0, 0.1) is 5.82 Å². The van der Waals surface area contributed by atoms with Gasteiger partial charge in [-0.2, -0.15) is 0 Å². The van der Waals surface area contributed by atoms with Crippen molar-refractivity contribution < 1.29 is 69.9 Å². The zero-order valence-electron chi connectivity index (χ0n) is 24.2. The van der Waals surface area contributed by atoms with Gasteiger partial charge in [0.25, 0.3) is 5.91 Å². The van der Waals surface area contributed by atoms with Crippen LogP contribution in [0.1, 0.15) is 35.7 Å². The summed E-state index contributed by atoms with van der Waals surface area (Å²) in [4.78, 5) is 45.4. The fourth-order valence-corrected chi connectivity index (χ4v) is 4.10. The molecule has 2 aromatic carbocycles. The fourth-order valence-electron chi connectivity index (χ4n) is 3.93. The van der Waals surface area contributed by atoms with Crippen molar-refractivity contribution in [2.45, 2.75) is 38.0 Å². The minimum atomic E-state index is -2.74. The van der Waals surface area contributed by atoms with Crippen molar-refractivity contribution in [2.24, 2.45) is 0 Å². The van der Waals surface area contributed by atoms with Crippen molar-refractivity contribution in [3.05, 3.63) is 58.4 Å². The Balaban J connectivity index is 0. The molecule has 1 aliphatic rings. The second-order valence-corrected chi connectivity index (χ2v) is 9.75. The number of halogens is 2. The van der Waals surface area contributed by atoms with Crippen molar-refractivity contribution in [3.8, 4) is 5.75 Å². The van der Waals surface area contributed by atoms with Gasteiger partial charge in [0.2, 0.25) is 0 Å². The standard InChI is InChI=1S/C21H25ClFN3O3.C6H8O7.3H2O/c1-2-28-20-10-19(24)18(22)9-17(20)21(27)25-11-16-13-26(7-8-29-16)12-14-3-5-15(23)6-4-14;7-3(8)1-6(13,5(11)12)2-4(9)10;;;/h3-6,9-10,16H,2,7-8,11-13,24H2,1H3,(H,25,27);13H,1-2H2,(H,7,8)(H,9,10)(H,11,12);3*1H2. The molecule has 0 radical (unpaired) electrons. The molecule has 1 amide bonds. The molecule has 18 heteroatoms. The van der Waals surface area contributed by atoms with Crippen LogP contribution in [-0.2, 0) is 25.7 Å². The van der Waals surface area contributed by atoms with Gasteiger partial charge in [0.15, 0.2) is 5.60 Å². The number of hydrogen-bond donors (Lipinski definition) is 6. The van der Waals surface area contributed by atoms with Crippen LogP contribution in [0.15, 0.2) is 36.4 Å². The van der Waals surface area contributed by atoms with Gasteiger partial charge in [-0.1, -0.05) is 23.7 Å². The Hall–Kier alpha value is -4.10. The fraction of sp³-hybridized carbons (Fsp3) is 0.407. The summed E-state index contributed by atoms with van der Waals surface area (Å²) in [5.74, 6) is -5.16. The lowest BCUT2D eigenvalue weighted by atomic mass is 9.96. The van der Waals surface area contributed by atoms with E-state index < -0.39 is 36.4 Å². The molecule has 0 bridgehead atoms. The maximum Gasteiger partial charge on any atom is 0.336 e. The van der Waals surface area contributed by atoms with E-state index >= 15 is 0 Å². The summed E-state index contributed by atoms with van der Waals surface area (Å²) >= 11 is 6.07. The lowest BCUT2D eigenvalue weighted by Gasteiger charge is -2.33. The number of carboxylic acid groups (broad SMARTS) is 3. The molecule has 1 saturated heterocycles. The summed E-state index contributed by atoms with van der Waals surface area (Å²) < 4.78 is 24.4. The topological polar surface area (TPSA) is 303 Å². The van der Waals surface area contributed by atoms with E-state index in [1.165, 1.54) is 18.2 Å². The molecule has 0 aromatic heterocycles. The molecule has 45 heavy (non-hydrogen) atoms. The molecule has 16 nitrogen and oxygen atoms in total. The number of nitrogens with two attached hydrogens (primary N) is 1. The Labute approximate surface area is 262 Å². The highest BCUT2D eigenvalue weighted by Gasteiger charge is 2.40. The van der Waals surface area contributed by atoms with E-state index in [-0.39, 0.29) is 34.3 Å². The van der Waals surface area contributed by atoms with E-state index in [0.29, 0.717) is 54.9 Å². The normalized spacial score (nSPS) is 14.2. The molecule has 1 atom stereocenters. The molecule has 1 heterocycles. The van der Waals surface area contributed by atoms with Crippen LogP contribution in [0.4, 0.5) is 10.1 Å². The number of aliphatic carboxylic acids is 3. The third-order valence-electron chi connectivity index (χ3n) is 5.96. The maximum absolute atomic E-state index is 13.1. The number of anilines is 1. The summed E-state index contributed by atoms with van der Waals surface area (Å²) in [6.07, 6.45) is -2.43. The molecule has 0 spiro atoms. The number of hydrogen-bond acceptors (Lipinski definition) is 9. The number of carbonyl (C=O) groups excluding carboxylic acids is 1. The first-order chi connectivity index (χ1) is 19.7. The van der Waals surface area contributed by atoms with Gasteiger partial charge in [-0.05, 0) is 30.7 Å². The average molecular weight is 668 g/mol. The molecule has 254 valence electrons. The van der Waals surface area contributed by atoms with Crippen LogP contribution < -0.4 is 15.8 Å². The Morgan fingerprint density at radius 3 is 2.18 bits per heavy atom. The summed E-state index contributed by atoms with van der Waals surface area (Å²) in [6.45, 7) is 5.31. The molecule has 1 fully saturated rings. The number of benzene rings is 2. The first-order valence-corrected chi connectivity index (χ1v) is 13.1. The van der Waals surface area contributed by atoms with Gasteiger partial charge in [0.05, 0.1) is 48.4 Å². The molecule has 0 saturated carbocycles. The van der Waals surface area contributed by atoms with Gasteiger partial charge in [-0.25, -0.2) is 9.18 Å². The van der Waals surface area contributed by atoms with Crippen molar-refractivity contribution in [2.75, 3.05) is 38.6 Å². The van der Waals surface area contributed by atoms with Crippen LogP contribution >= 0.6 is 11.6 Å². The highest BCUT2D eigenvalue weighted by Crippen LogP contribution is 2.29. The van der Waals surface area contributed by atoms with Crippen LogP contribution in [0.25, 0.3) is 0 Å². The van der Waals surface area contributed by atoms with Crippen LogP contribution in [0.2, 0.25) is 5.02 Å². The number of aliphatic hydroxyl groups is 1. The maximum atomic E-state index is 13.1. The Morgan fingerprint density at radius 1 is 1.09 bits per heavy atom. The Bertz CT molecular complexity index is 1250. The van der Waals surface area contributed by atoms with Gasteiger partial charge < -0.3 is 57.4 Å². The van der Waals surface area contributed by atoms with E-state index in [9.17, 15) is 23.6 Å². The smallest absolute Gasteiger partial charge is 0.336 e. The lowest BCUT2D eigenvalue weighted by Crippen LogP contribution is -2.47. The first-order valence-electron chi connectivity index (χ1n) is 12.7. The summed E-state index contributed by atoms with van der Waals surface area (Å²) in [5, 5.41) is 37.0. The number of ether oxygens (including phenoxy) is 2. The number of carboxylic acids is 3. The zero-order chi connectivity index (χ0) is 31.4. The number of nitrogens with one attached hydrogen (secondary N) is 1. The van der Waals surface area contributed by atoms with Crippen molar-refractivity contribution >= 4 is 41.1 Å². The van der Waals surface area contributed by atoms with E-state index in [4.69, 9.17) is 47.2 Å². The van der Waals surface area contributed by atoms with Crippen LogP contribution in [-0.4, -0.2) is 110 Å². The molecule has 1 unspecified atom stereocenters. The number of carbonyl (C=O) groups is 4. The van der Waals surface area contributed by atoms with Gasteiger partial charge in [-0.15, -0.1) is 0 Å². The summed E-state index contributed by atoms with van der Waals surface area (Å²) in [5.41, 5.74) is 4.80. The molecular weight excluding hydrogens is 629 g/mol. The molecule has 13 N–H and O–H groups in total. The number of morpholine rings is 1. The minimum absolute atomic E-state index is 0. The third-order valence-corrected chi connectivity index (χ3v) is 6.29. The zero-order valence-corrected chi connectivity index (χ0v) is 25.0. The van der Waals surface area contributed by atoms with E-state index in [2.05, 4.69) is 10.2 Å². The first kappa shape index (κ1) is 43.0. The highest BCUT2D eigenvalue weighted by molar-refractivity contribution is 6.33. The third kappa shape index (κ3) is 14.0. The van der Waals surface area contributed by atoms with Crippen LogP contribution in [0.3, 0.4) is 0 Å². The molecule has 2 aromatic rings. The van der Waals surface area contributed by atoms with Gasteiger partial charge in [0, 0.05) is 32.2 Å². The monoisotopic (exact) mass is 667 g/mol. The number of rotatable bonds is 12. The SMILES string of the molecule is CCOc1cc(N)c(Cl)cc1C(=O)NCC1CN(Cc2ccc(F)cc2)CCO1.O.O.O.O=C(O)CC(O)(CC(=O)O)C(=O)O.